The molecule has 1 aromatic rings. The molecule has 27 heavy (non-hydrogen) atoms. The molecule has 1 saturated carbocycles. The SMILES string of the molecule is CN=C(NCC1(c2ccc(F)cc2)CCCC1)N1CCCC(CC(N)=O)C1. The minimum Gasteiger partial charge on any atom is -0.370 e. The second-order valence-electron chi connectivity index (χ2n) is 8.02. The summed E-state index contributed by atoms with van der Waals surface area (Å²) >= 11 is 0. The van der Waals surface area contributed by atoms with E-state index in [0.717, 1.165) is 51.3 Å². The molecule has 0 spiro atoms. The van der Waals surface area contributed by atoms with Gasteiger partial charge < -0.3 is 16.0 Å². The Hall–Kier alpha value is -2.11. The fourth-order valence-electron chi connectivity index (χ4n) is 4.71. The number of hydrogen-bond donors (Lipinski definition) is 2. The Balaban J connectivity index is 1.67. The number of carbonyl (C=O) groups excluding carboxylic acids is 1. The van der Waals surface area contributed by atoms with Gasteiger partial charge in [0.2, 0.25) is 5.91 Å². The summed E-state index contributed by atoms with van der Waals surface area (Å²) in [5.41, 5.74) is 6.62. The Kier molecular flexibility index (Phi) is 6.34. The summed E-state index contributed by atoms with van der Waals surface area (Å²) in [7, 11) is 1.80. The van der Waals surface area contributed by atoms with E-state index in [-0.39, 0.29) is 17.1 Å². The van der Waals surface area contributed by atoms with Crippen molar-refractivity contribution in [1.82, 2.24) is 10.2 Å². The van der Waals surface area contributed by atoms with E-state index >= 15 is 0 Å². The number of likely N-dealkylation sites (tertiary alicyclic amines) is 1. The fraction of sp³-hybridized carbons (Fsp3) is 0.619. The zero-order valence-electron chi connectivity index (χ0n) is 16.2. The number of rotatable bonds is 5. The van der Waals surface area contributed by atoms with Gasteiger partial charge >= 0.3 is 0 Å². The van der Waals surface area contributed by atoms with Crippen molar-refractivity contribution in [3.63, 3.8) is 0 Å². The third kappa shape index (κ3) is 4.79. The van der Waals surface area contributed by atoms with Gasteiger partial charge in [0.15, 0.2) is 5.96 Å². The molecule has 1 heterocycles. The Morgan fingerprint density at radius 2 is 2.00 bits per heavy atom. The summed E-state index contributed by atoms with van der Waals surface area (Å²) in [6.45, 7) is 2.55. The number of carbonyl (C=O) groups is 1. The van der Waals surface area contributed by atoms with Crippen LogP contribution >= 0.6 is 0 Å². The Labute approximate surface area is 161 Å². The van der Waals surface area contributed by atoms with Gasteiger partial charge in [-0.3, -0.25) is 9.79 Å². The number of amides is 1. The number of benzene rings is 1. The monoisotopic (exact) mass is 374 g/mol. The highest BCUT2D eigenvalue weighted by Crippen LogP contribution is 2.40. The first-order valence-corrected chi connectivity index (χ1v) is 10.0. The van der Waals surface area contributed by atoms with E-state index in [1.54, 1.807) is 19.2 Å². The molecule has 0 radical (unpaired) electrons. The van der Waals surface area contributed by atoms with Crippen LogP contribution in [0.4, 0.5) is 4.39 Å². The lowest BCUT2D eigenvalue weighted by Gasteiger charge is -2.37. The molecule has 1 atom stereocenters. The second kappa shape index (κ2) is 8.72. The second-order valence-corrected chi connectivity index (χ2v) is 8.02. The van der Waals surface area contributed by atoms with Crippen LogP contribution in [0.25, 0.3) is 0 Å². The number of nitrogens with two attached hydrogens (primary N) is 1. The molecular weight excluding hydrogens is 343 g/mol. The molecule has 1 amide bonds. The molecule has 0 bridgehead atoms. The molecule has 148 valence electrons. The molecule has 5 nitrogen and oxygen atoms in total. The van der Waals surface area contributed by atoms with Crippen molar-refractivity contribution in [2.45, 2.75) is 50.4 Å². The quantitative estimate of drug-likeness (QED) is 0.615. The van der Waals surface area contributed by atoms with Crippen LogP contribution in [0.1, 0.15) is 50.5 Å². The zero-order valence-corrected chi connectivity index (χ0v) is 16.2. The summed E-state index contributed by atoms with van der Waals surface area (Å²) in [4.78, 5) is 18.0. The lowest BCUT2D eigenvalue weighted by atomic mass is 9.79. The van der Waals surface area contributed by atoms with E-state index in [4.69, 9.17) is 5.73 Å². The highest BCUT2D eigenvalue weighted by Gasteiger charge is 2.36. The van der Waals surface area contributed by atoms with Gasteiger partial charge in [0.05, 0.1) is 0 Å². The summed E-state index contributed by atoms with van der Waals surface area (Å²) < 4.78 is 13.4. The fourth-order valence-corrected chi connectivity index (χ4v) is 4.71. The van der Waals surface area contributed by atoms with Crippen LogP contribution in [0.2, 0.25) is 0 Å². The topological polar surface area (TPSA) is 70.7 Å². The van der Waals surface area contributed by atoms with Crippen molar-refractivity contribution < 1.29 is 9.18 Å². The van der Waals surface area contributed by atoms with E-state index in [9.17, 15) is 9.18 Å². The minimum absolute atomic E-state index is 0.0338. The van der Waals surface area contributed by atoms with Crippen molar-refractivity contribution >= 4 is 11.9 Å². The summed E-state index contributed by atoms with van der Waals surface area (Å²) in [5, 5.41) is 3.57. The average Bonchev–Trinajstić information content (AvgIpc) is 3.13. The first-order valence-electron chi connectivity index (χ1n) is 10.0. The van der Waals surface area contributed by atoms with Crippen molar-refractivity contribution in [2.75, 3.05) is 26.7 Å². The predicted molar refractivity (Wildman–Crippen MR) is 106 cm³/mol. The number of halogens is 1. The van der Waals surface area contributed by atoms with Crippen LogP contribution in [0, 0.1) is 11.7 Å². The number of aliphatic imine (C=N–C) groups is 1. The van der Waals surface area contributed by atoms with Crippen molar-refractivity contribution in [3.8, 4) is 0 Å². The first-order chi connectivity index (χ1) is 13.0. The smallest absolute Gasteiger partial charge is 0.217 e. The maximum absolute atomic E-state index is 13.4. The van der Waals surface area contributed by atoms with Crippen molar-refractivity contribution in [3.05, 3.63) is 35.6 Å². The Morgan fingerprint density at radius 3 is 2.63 bits per heavy atom. The number of hydrogen-bond acceptors (Lipinski definition) is 2. The van der Waals surface area contributed by atoms with Gasteiger partial charge in [-0.2, -0.15) is 0 Å². The molecule has 2 fully saturated rings. The van der Waals surface area contributed by atoms with E-state index < -0.39 is 0 Å². The molecule has 1 aromatic carbocycles. The zero-order chi connectivity index (χ0) is 19.3. The van der Waals surface area contributed by atoms with Crippen LogP contribution in [-0.4, -0.2) is 43.4 Å². The van der Waals surface area contributed by atoms with E-state index in [0.29, 0.717) is 12.3 Å². The molecule has 6 heteroatoms. The first kappa shape index (κ1) is 19.6. The largest absolute Gasteiger partial charge is 0.370 e. The van der Waals surface area contributed by atoms with Gasteiger partial charge in [0.25, 0.3) is 0 Å². The molecule has 2 aliphatic rings. The molecule has 1 saturated heterocycles. The van der Waals surface area contributed by atoms with Gasteiger partial charge in [-0.05, 0) is 49.3 Å². The van der Waals surface area contributed by atoms with Crippen molar-refractivity contribution in [2.24, 2.45) is 16.6 Å². The van der Waals surface area contributed by atoms with Crippen LogP contribution < -0.4 is 11.1 Å². The standard InChI is InChI=1S/C21H31FN4O/c1-24-20(26-12-4-5-16(14-26)13-19(23)27)25-15-21(10-2-3-11-21)17-6-8-18(22)9-7-17/h6-9,16H,2-5,10-15H2,1H3,(H2,23,27)(H,24,25). The third-order valence-electron chi connectivity index (χ3n) is 6.12. The highest BCUT2D eigenvalue weighted by molar-refractivity contribution is 5.80. The maximum atomic E-state index is 13.4. The van der Waals surface area contributed by atoms with E-state index in [2.05, 4.69) is 15.2 Å². The van der Waals surface area contributed by atoms with E-state index in [1.165, 1.54) is 18.4 Å². The summed E-state index contributed by atoms with van der Waals surface area (Å²) in [6.07, 6.45) is 7.12. The van der Waals surface area contributed by atoms with Crippen LogP contribution in [0.5, 0.6) is 0 Å². The molecular formula is C21H31FN4O. The predicted octanol–water partition coefficient (Wildman–Crippen LogP) is 2.80. The number of guanidine groups is 1. The van der Waals surface area contributed by atoms with Gasteiger partial charge in [0.1, 0.15) is 5.82 Å². The third-order valence-corrected chi connectivity index (χ3v) is 6.12. The number of nitrogens with one attached hydrogen (secondary N) is 1. The van der Waals surface area contributed by atoms with Gasteiger partial charge in [-0.15, -0.1) is 0 Å². The molecule has 1 unspecified atom stereocenters. The highest BCUT2D eigenvalue weighted by atomic mass is 19.1. The number of piperidine rings is 1. The molecule has 1 aliphatic carbocycles. The molecule has 1 aliphatic heterocycles. The normalized spacial score (nSPS) is 22.7. The average molecular weight is 375 g/mol. The number of primary amides is 1. The van der Waals surface area contributed by atoms with Gasteiger partial charge in [0, 0.05) is 38.5 Å². The van der Waals surface area contributed by atoms with Gasteiger partial charge in [-0.25, -0.2) is 4.39 Å². The van der Waals surface area contributed by atoms with Crippen LogP contribution in [0.15, 0.2) is 29.3 Å². The Bertz CT molecular complexity index is 667. The lowest BCUT2D eigenvalue weighted by molar-refractivity contribution is -0.119. The molecule has 3 N–H and O–H groups in total. The van der Waals surface area contributed by atoms with Gasteiger partial charge in [-0.1, -0.05) is 25.0 Å². The van der Waals surface area contributed by atoms with E-state index in [1.807, 2.05) is 12.1 Å². The summed E-state index contributed by atoms with van der Waals surface area (Å²) in [5.74, 6) is 0.764. The number of nitrogens with zero attached hydrogens (tertiary/aromatic N) is 2. The summed E-state index contributed by atoms with van der Waals surface area (Å²) in [6, 6.07) is 6.97. The van der Waals surface area contributed by atoms with Crippen LogP contribution in [0.3, 0.4) is 0 Å². The van der Waals surface area contributed by atoms with Crippen LogP contribution in [-0.2, 0) is 10.2 Å². The van der Waals surface area contributed by atoms with Crippen molar-refractivity contribution in [1.29, 1.82) is 0 Å². The minimum atomic E-state index is -0.231. The Morgan fingerprint density at radius 1 is 1.30 bits per heavy atom. The maximum Gasteiger partial charge on any atom is 0.217 e. The molecule has 3 rings (SSSR count). The lowest BCUT2D eigenvalue weighted by Crippen LogP contribution is -2.50. The molecule has 0 aromatic heterocycles.